The second kappa shape index (κ2) is 4.37. The quantitative estimate of drug-likeness (QED) is 0.663. The molecule has 1 atom stereocenters. The zero-order valence-electron chi connectivity index (χ0n) is 10.1. The van der Waals surface area contributed by atoms with Crippen LogP contribution in [0.5, 0.6) is 0 Å². The van der Waals surface area contributed by atoms with Crippen LogP contribution in [-0.2, 0) is 11.2 Å². The molecule has 0 saturated carbocycles. The molecule has 0 radical (unpaired) electrons. The van der Waals surface area contributed by atoms with E-state index in [0.29, 0.717) is 5.82 Å². The molecule has 2 aromatic carbocycles. The number of carbonyl (C=O) groups is 1. The van der Waals surface area contributed by atoms with E-state index >= 15 is 0 Å². The number of nitrogens with one attached hydrogen (secondary N) is 1. The van der Waals surface area contributed by atoms with Gasteiger partial charge in [-0.2, -0.15) is 0 Å². The van der Waals surface area contributed by atoms with Crippen molar-refractivity contribution in [2.45, 2.75) is 12.5 Å². The number of benzene rings is 2. The standard InChI is InChI=1S/C14H13N3O2/c15-10(14(18)19)7-13-16-11-5-8-3-1-2-4-9(8)6-12(11)17-13/h1-6,10H,7,15H2,(H,16,17)(H,18,19)/t10-/m1/s1. The maximum atomic E-state index is 10.7. The molecule has 5 heteroatoms. The topological polar surface area (TPSA) is 92.0 Å². The molecule has 1 heterocycles. The van der Waals surface area contributed by atoms with Gasteiger partial charge in [0.15, 0.2) is 0 Å². The van der Waals surface area contributed by atoms with Crippen LogP contribution in [-0.4, -0.2) is 27.1 Å². The summed E-state index contributed by atoms with van der Waals surface area (Å²) in [5.74, 6) is -0.425. The monoisotopic (exact) mass is 255 g/mol. The minimum absolute atomic E-state index is 0.195. The first-order chi connectivity index (χ1) is 9.13. The number of hydrogen-bond acceptors (Lipinski definition) is 3. The first kappa shape index (κ1) is 11.7. The highest BCUT2D eigenvalue weighted by molar-refractivity contribution is 5.95. The minimum Gasteiger partial charge on any atom is -0.480 e. The minimum atomic E-state index is -1.02. The van der Waals surface area contributed by atoms with E-state index in [2.05, 4.69) is 9.97 Å². The summed E-state index contributed by atoms with van der Waals surface area (Å²) in [6.07, 6.45) is 0.195. The Morgan fingerprint density at radius 1 is 1.32 bits per heavy atom. The molecule has 0 unspecified atom stereocenters. The van der Waals surface area contributed by atoms with Gasteiger partial charge in [0, 0.05) is 6.42 Å². The third-order valence-electron chi connectivity index (χ3n) is 3.13. The van der Waals surface area contributed by atoms with Crippen molar-refractivity contribution in [1.82, 2.24) is 9.97 Å². The number of aromatic nitrogens is 2. The Morgan fingerprint density at radius 2 is 2.00 bits per heavy atom. The number of nitrogens with zero attached hydrogens (tertiary/aromatic N) is 1. The number of carboxylic acid groups (broad SMARTS) is 1. The van der Waals surface area contributed by atoms with Crippen molar-refractivity contribution in [3.05, 3.63) is 42.2 Å². The molecule has 3 aromatic rings. The predicted molar refractivity (Wildman–Crippen MR) is 72.9 cm³/mol. The SMILES string of the molecule is N[C@H](Cc1nc2cc3ccccc3cc2[nH]1)C(=O)O. The number of nitrogens with two attached hydrogens (primary N) is 1. The molecular formula is C14H13N3O2. The van der Waals surface area contributed by atoms with Crippen molar-refractivity contribution < 1.29 is 9.90 Å². The van der Waals surface area contributed by atoms with Gasteiger partial charge in [-0.1, -0.05) is 24.3 Å². The first-order valence-corrected chi connectivity index (χ1v) is 5.99. The second-order valence-electron chi connectivity index (χ2n) is 4.55. The Hall–Kier alpha value is -2.40. The van der Waals surface area contributed by atoms with Crippen LogP contribution in [0.15, 0.2) is 36.4 Å². The molecule has 19 heavy (non-hydrogen) atoms. The molecule has 96 valence electrons. The molecule has 3 rings (SSSR count). The van der Waals surface area contributed by atoms with E-state index in [1.807, 2.05) is 36.4 Å². The fourth-order valence-electron chi connectivity index (χ4n) is 2.14. The number of aliphatic carboxylic acids is 1. The lowest BCUT2D eigenvalue weighted by Gasteiger charge is -2.01. The number of hydrogen-bond donors (Lipinski definition) is 3. The van der Waals surface area contributed by atoms with Crippen molar-refractivity contribution in [1.29, 1.82) is 0 Å². The highest BCUT2D eigenvalue weighted by Gasteiger charge is 2.14. The van der Waals surface area contributed by atoms with E-state index in [0.717, 1.165) is 21.8 Å². The van der Waals surface area contributed by atoms with Crippen LogP contribution >= 0.6 is 0 Å². The lowest BCUT2D eigenvalue weighted by atomic mass is 10.1. The van der Waals surface area contributed by atoms with Crippen LogP contribution in [0.2, 0.25) is 0 Å². The molecule has 0 aliphatic heterocycles. The summed E-state index contributed by atoms with van der Waals surface area (Å²) in [5.41, 5.74) is 7.23. The third kappa shape index (κ3) is 2.15. The Kier molecular flexibility index (Phi) is 2.68. The maximum absolute atomic E-state index is 10.7. The molecule has 0 amide bonds. The molecule has 4 N–H and O–H groups in total. The van der Waals surface area contributed by atoms with Crippen molar-refractivity contribution in [3.63, 3.8) is 0 Å². The van der Waals surface area contributed by atoms with Gasteiger partial charge in [-0.25, -0.2) is 4.98 Å². The Bertz CT molecular complexity index is 711. The summed E-state index contributed by atoms with van der Waals surface area (Å²) < 4.78 is 0. The molecule has 0 aliphatic rings. The number of imidazole rings is 1. The predicted octanol–water partition coefficient (Wildman–Crippen LogP) is 1.67. The highest BCUT2D eigenvalue weighted by Crippen LogP contribution is 2.21. The summed E-state index contributed by atoms with van der Waals surface area (Å²) in [7, 11) is 0. The Labute approximate surface area is 109 Å². The van der Waals surface area contributed by atoms with Gasteiger partial charge in [-0.3, -0.25) is 4.79 Å². The maximum Gasteiger partial charge on any atom is 0.320 e. The summed E-state index contributed by atoms with van der Waals surface area (Å²) in [6, 6.07) is 11.1. The fraction of sp³-hybridized carbons (Fsp3) is 0.143. The van der Waals surface area contributed by atoms with Gasteiger partial charge in [0.1, 0.15) is 11.9 Å². The van der Waals surface area contributed by atoms with Gasteiger partial charge in [-0.15, -0.1) is 0 Å². The zero-order valence-corrected chi connectivity index (χ0v) is 10.1. The van der Waals surface area contributed by atoms with Crippen molar-refractivity contribution in [2.24, 2.45) is 5.73 Å². The summed E-state index contributed by atoms with van der Waals surface area (Å²) in [4.78, 5) is 18.2. The molecule has 0 saturated heterocycles. The van der Waals surface area contributed by atoms with E-state index in [9.17, 15) is 4.79 Å². The van der Waals surface area contributed by atoms with Crippen molar-refractivity contribution >= 4 is 27.8 Å². The number of carboxylic acids is 1. The van der Waals surface area contributed by atoms with E-state index in [1.165, 1.54) is 0 Å². The van der Waals surface area contributed by atoms with Gasteiger partial charge in [0.05, 0.1) is 11.0 Å². The number of fused-ring (bicyclic) bond motifs is 2. The zero-order chi connectivity index (χ0) is 13.4. The van der Waals surface area contributed by atoms with Crippen LogP contribution in [0.4, 0.5) is 0 Å². The van der Waals surface area contributed by atoms with Gasteiger partial charge in [0.2, 0.25) is 0 Å². The lowest BCUT2D eigenvalue weighted by molar-refractivity contribution is -0.138. The van der Waals surface area contributed by atoms with E-state index in [-0.39, 0.29) is 6.42 Å². The lowest BCUT2D eigenvalue weighted by Crippen LogP contribution is -2.32. The van der Waals surface area contributed by atoms with Crippen molar-refractivity contribution in [3.8, 4) is 0 Å². The van der Waals surface area contributed by atoms with E-state index in [1.54, 1.807) is 0 Å². The van der Waals surface area contributed by atoms with Gasteiger partial charge in [-0.05, 0) is 22.9 Å². The van der Waals surface area contributed by atoms with Crippen LogP contribution < -0.4 is 5.73 Å². The fourth-order valence-corrected chi connectivity index (χ4v) is 2.14. The average molecular weight is 255 g/mol. The third-order valence-corrected chi connectivity index (χ3v) is 3.13. The molecule has 0 bridgehead atoms. The molecule has 1 aromatic heterocycles. The van der Waals surface area contributed by atoms with E-state index < -0.39 is 12.0 Å². The Balaban J connectivity index is 2.05. The normalized spacial score (nSPS) is 12.9. The highest BCUT2D eigenvalue weighted by atomic mass is 16.4. The number of H-pyrrole nitrogens is 1. The smallest absolute Gasteiger partial charge is 0.320 e. The second-order valence-corrected chi connectivity index (χ2v) is 4.55. The molecule has 0 aliphatic carbocycles. The van der Waals surface area contributed by atoms with Gasteiger partial charge >= 0.3 is 5.97 Å². The van der Waals surface area contributed by atoms with Crippen LogP contribution in [0.3, 0.4) is 0 Å². The van der Waals surface area contributed by atoms with E-state index in [4.69, 9.17) is 10.8 Å². The van der Waals surface area contributed by atoms with Gasteiger partial charge in [0.25, 0.3) is 0 Å². The van der Waals surface area contributed by atoms with Crippen LogP contribution in [0.25, 0.3) is 21.8 Å². The molecule has 5 nitrogen and oxygen atoms in total. The van der Waals surface area contributed by atoms with Crippen LogP contribution in [0.1, 0.15) is 5.82 Å². The number of aromatic amines is 1. The van der Waals surface area contributed by atoms with Gasteiger partial charge < -0.3 is 15.8 Å². The van der Waals surface area contributed by atoms with Crippen molar-refractivity contribution in [2.75, 3.05) is 0 Å². The molecule has 0 spiro atoms. The molecular weight excluding hydrogens is 242 g/mol. The van der Waals surface area contributed by atoms with Crippen LogP contribution in [0, 0.1) is 0 Å². The first-order valence-electron chi connectivity index (χ1n) is 5.99. The summed E-state index contributed by atoms with van der Waals surface area (Å²) in [5, 5.41) is 11.0. The average Bonchev–Trinajstić information content (AvgIpc) is 2.76. The summed E-state index contributed by atoms with van der Waals surface area (Å²) in [6.45, 7) is 0. The largest absolute Gasteiger partial charge is 0.480 e. The number of rotatable bonds is 3. The Morgan fingerprint density at radius 3 is 2.68 bits per heavy atom. The molecule has 0 fully saturated rings. The summed E-state index contributed by atoms with van der Waals surface area (Å²) >= 11 is 0.